The highest BCUT2D eigenvalue weighted by molar-refractivity contribution is 5.19. The van der Waals surface area contributed by atoms with Crippen molar-refractivity contribution in [3.05, 3.63) is 47.8 Å². The Morgan fingerprint density at radius 3 is 2.47 bits per heavy atom. The molecule has 0 spiro atoms. The van der Waals surface area contributed by atoms with Gasteiger partial charge in [0.05, 0.1) is 5.69 Å². The van der Waals surface area contributed by atoms with Crippen LogP contribution in [-0.2, 0) is 13.0 Å². The maximum absolute atomic E-state index is 4.21. The van der Waals surface area contributed by atoms with Crippen molar-refractivity contribution >= 4 is 0 Å². The highest BCUT2D eigenvalue weighted by Crippen LogP contribution is 2.15. The van der Waals surface area contributed by atoms with Gasteiger partial charge in [0.2, 0.25) is 0 Å². The van der Waals surface area contributed by atoms with Gasteiger partial charge in [0.1, 0.15) is 0 Å². The third kappa shape index (κ3) is 3.70. The molecule has 0 fully saturated rings. The average Bonchev–Trinajstić information content (AvgIpc) is 2.64. The van der Waals surface area contributed by atoms with Gasteiger partial charge in [0.25, 0.3) is 0 Å². The molecule has 0 N–H and O–H groups in total. The number of rotatable bonds is 3. The number of nitrogens with zero attached hydrogens (tertiary/aromatic N) is 3. The second-order valence-corrected chi connectivity index (χ2v) is 5.63. The largest absolute Gasteiger partial charge is 0.252 e. The third-order valence-electron chi connectivity index (χ3n) is 2.45. The van der Waals surface area contributed by atoms with E-state index in [1.165, 1.54) is 5.56 Å². The molecule has 0 bridgehead atoms. The molecule has 0 saturated carbocycles. The molecule has 0 atom stereocenters. The minimum absolute atomic E-state index is 0.234. The summed E-state index contributed by atoms with van der Waals surface area (Å²) in [7, 11) is 0. The smallest absolute Gasteiger partial charge is 0.0870 e. The van der Waals surface area contributed by atoms with Crippen LogP contribution in [0.4, 0.5) is 0 Å². The van der Waals surface area contributed by atoms with Crippen molar-refractivity contribution in [2.24, 2.45) is 5.41 Å². The Labute approximate surface area is 102 Å². The average molecular weight is 229 g/mol. The van der Waals surface area contributed by atoms with Crippen LogP contribution < -0.4 is 0 Å². The zero-order chi connectivity index (χ0) is 12.3. The van der Waals surface area contributed by atoms with E-state index in [4.69, 9.17) is 0 Å². The van der Waals surface area contributed by atoms with Gasteiger partial charge in [-0.25, -0.2) is 0 Å². The van der Waals surface area contributed by atoms with Gasteiger partial charge in [-0.2, -0.15) is 0 Å². The van der Waals surface area contributed by atoms with Crippen molar-refractivity contribution in [1.29, 1.82) is 0 Å². The summed E-state index contributed by atoms with van der Waals surface area (Å²) in [6.45, 7) is 7.50. The molecule has 17 heavy (non-hydrogen) atoms. The first-order chi connectivity index (χ1) is 8.03. The Bertz CT molecular complexity index is 466. The molecule has 0 radical (unpaired) electrons. The number of benzene rings is 1. The summed E-state index contributed by atoms with van der Waals surface area (Å²) in [6, 6.07) is 10.4. The molecular formula is C14H19N3. The fraction of sp³-hybridized carbons (Fsp3) is 0.429. The predicted molar refractivity (Wildman–Crippen MR) is 68.7 cm³/mol. The molecule has 0 aliphatic heterocycles. The van der Waals surface area contributed by atoms with Gasteiger partial charge in [-0.3, -0.25) is 4.68 Å². The Hall–Kier alpha value is -1.64. The van der Waals surface area contributed by atoms with Crippen molar-refractivity contribution in [2.45, 2.75) is 33.7 Å². The standard InChI is InChI=1S/C14H19N3/c1-14(2,3)11-17-10-13(15-16-17)9-12-7-5-4-6-8-12/h4-8,10H,9,11H2,1-3H3. The summed E-state index contributed by atoms with van der Waals surface area (Å²) >= 11 is 0. The predicted octanol–water partition coefficient (Wildman–Crippen LogP) is 2.92. The quantitative estimate of drug-likeness (QED) is 0.810. The molecule has 3 nitrogen and oxygen atoms in total. The fourth-order valence-electron chi connectivity index (χ4n) is 1.79. The van der Waals surface area contributed by atoms with Gasteiger partial charge in [0.15, 0.2) is 0 Å². The van der Waals surface area contributed by atoms with Crippen LogP contribution in [0.25, 0.3) is 0 Å². The highest BCUT2D eigenvalue weighted by atomic mass is 15.4. The summed E-state index contributed by atoms with van der Waals surface area (Å²) in [4.78, 5) is 0. The summed E-state index contributed by atoms with van der Waals surface area (Å²) in [6.07, 6.45) is 2.89. The molecule has 0 saturated heterocycles. The lowest BCUT2D eigenvalue weighted by molar-refractivity contribution is 0.321. The topological polar surface area (TPSA) is 30.7 Å². The molecule has 0 aliphatic rings. The van der Waals surface area contributed by atoms with Crippen LogP contribution in [0.1, 0.15) is 32.0 Å². The number of aromatic nitrogens is 3. The summed E-state index contributed by atoms with van der Waals surface area (Å²) < 4.78 is 1.93. The summed E-state index contributed by atoms with van der Waals surface area (Å²) in [5, 5.41) is 8.37. The van der Waals surface area contributed by atoms with Crippen molar-refractivity contribution in [2.75, 3.05) is 0 Å². The van der Waals surface area contributed by atoms with Crippen molar-refractivity contribution < 1.29 is 0 Å². The minimum Gasteiger partial charge on any atom is -0.252 e. The molecule has 2 aromatic rings. The van der Waals surface area contributed by atoms with Crippen LogP contribution in [0.5, 0.6) is 0 Å². The normalized spacial score (nSPS) is 11.7. The first kappa shape index (κ1) is 11.8. The van der Waals surface area contributed by atoms with E-state index in [-0.39, 0.29) is 5.41 Å². The zero-order valence-corrected chi connectivity index (χ0v) is 10.7. The van der Waals surface area contributed by atoms with E-state index in [2.05, 4.69) is 55.3 Å². The Kier molecular flexibility index (Phi) is 3.27. The van der Waals surface area contributed by atoms with Crippen molar-refractivity contribution in [3.8, 4) is 0 Å². The van der Waals surface area contributed by atoms with Crippen LogP contribution >= 0.6 is 0 Å². The van der Waals surface area contributed by atoms with E-state index in [9.17, 15) is 0 Å². The molecule has 0 amide bonds. The summed E-state index contributed by atoms with van der Waals surface area (Å²) in [5.74, 6) is 0. The summed E-state index contributed by atoms with van der Waals surface area (Å²) in [5.41, 5.74) is 2.54. The molecule has 0 unspecified atom stereocenters. The second-order valence-electron chi connectivity index (χ2n) is 5.63. The maximum atomic E-state index is 4.21. The number of hydrogen-bond acceptors (Lipinski definition) is 2. The van der Waals surface area contributed by atoms with E-state index in [0.29, 0.717) is 0 Å². The van der Waals surface area contributed by atoms with E-state index < -0.39 is 0 Å². The van der Waals surface area contributed by atoms with Crippen LogP contribution in [0.2, 0.25) is 0 Å². The van der Waals surface area contributed by atoms with Crippen LogP contribution in [-0.4, -0.2) is 15.0 Å². The lowest BCUT2D eigenvalue weighted by Gasteiger charge is -2.16. The highest BCUT2D eigenvalue weighted by Gasteiger charge is 2.12. The lowest BCUT2D eigenvalue weighted by Crippen LogP contribution is -2.15. The molecule has 1 aromatic carbocycles. The molecule has 2 rings (SSSR count). The van der Waals surface area contributed by atoms with Crippen LogP contribution in [0.15, 0.2) is 36.5 Å². The van der Waals surface area contributed by atoms with Gasteiger partial charge >= 0.3 is 0 Å². The molecule has 3 heteroatoms. The van der Waals surface area contributed by atoms with E-state index in [1.54, 1.807) is 0 Å². The Morgan fingerprint density at radius 2 is 1.82 bits per heavy atom. The van der Waals surface area contributed by atoms with Gasteiger partial charge in [-0.05, 0) is 11.0 Å². The van der Waals surface area contributed by atoms with Crippen LogP contribution in [0, 0.1) is 5.41 Å². The molecule has 0 aliphatic carbocycles. The molecule has 1 aromatic heterocycles. The first-order valence-electron chi connectivity index (χ1n) is 5.96. The fourth-order valence-corrected chi connectivity index (χ4v) is 1.79. The number of hydrogen-bond donors (Lipinski definition) is 0. The Balaban J connectivity index is 2.04. The minimum atomic E-state index is 0.234. The second kappa shape index (κ2) is 4.70. The van der Waals surface area contributed by atoms with E-state index in [1.807, 2.05) is 16.9 Å². The van der Waals surface area contributed by atoms with Gasteiger partial charge < -0.3 is 0 Å². The van der Waals surface area contributed by atoms with Crippen molar-refractivity contribution in [3.63, 3.8) is 0 Å². The Morgan fingerprint density at radius 1 is 1.12 bits per heavy atom. The van der Waals surface area contributed by atoms with Gasteiger partial charge in [-0.15, -0.1) is 5.10 Å². The third-order valence-corrected chi connectivity index (χ3v) is 2.45. The molecule has 90 valence electrons. The van der Waals surface area contributed by atoms with Gasteiger partial charge in [0, 0.05) is 19.2 Å². The molecular weight excluding hydrogens is 210 g/mol. The maximum Gasteiger partial charge on any atom is 0.0870 e. The van der Waals surface area contributed by atoms with Crippen LogP contribution in [0.3, 0.4) is 0 Å². The molecule has 1 heterocycles. The van der Waals surface area contributed by atoms with Gasteiger partial charge in [-0.1, -0.05) is 56.3 Å². The lowest BCUT2D eigenvalue weighted by atomic mass is 9.97. The van der Waals surface area contributed by atoms with E-state index >= 15 is 0 Å². The SMILES string of the molecule is CC(C)(C)Cn1cc(Cc2ccccc2)nn1. The monoisotopic (exact) mass is 229 g/mol. The van der Waals surface area contributed by atoms with Crippen molar-refractivity contribution in [1.82, 2.24) is 15.0 Å². The van der Waals surface area contributed by atoms with E-state index in [0.717, 1.165) is 18.7 Å². The first-order valence-corrected chi connectivity index (χ1v) is 5.96. The zero-order valence-electron chi connectivity index (χ0n) is 10.7.